The molecule has 0 fully saturated rings. The zero-order chi connectivity index (χ0) is 15.8. The summed E-state index contributed by atoms with van der Waals surface area (Å²) in [5, 5.41) is 7.09. The van der Waals surface area contributed by atoms with Crippen LogP contribution >= 0.6 is 28.1 Å². The smallest absolute Gasteiger partial charge is 0.231 e. The second kappa shape index (κ2) is 5.86. The number of halogens is 1. The van der Waals surface area contributed by atoms with Crippen molar-refractivity contribution in [2.75, 3.05) is 6.79 Å². The molecule has 6 heteroatoms. The van der Waals surface area contributed by atoms with Gasteiger partial charge in [0, 0.05) is 10.2 Å². The number of hydrogen-bond acceptors (Lipinski definition) is 3. The fourth-order valence-corrected chi connectivity index (χ4v) is 3.13. The molecule has 0 saturated carbocycles. The summed E-state index contributed by atoms with van der Waals surface area (Å²) < 4.78 is 11.9. The van der Waals surface area contributed by atoms with Gasteiger partial charge in [-0.3, -0.25) is 0 Å². The molecule has 4 nitrogen and oxygen atoms in total. The van der Waals surface area contributed by atoms with E-state index < -0.39 is 0 Å². The van der Waals surface area contributed by atoms with Crippen molar-refractivity contribution in [3.63, 3.8) is 0 Å². The molecule has 2 aromatic carbocycles. The monoisotopic (exact) mass is 388 g/mol. The fraction of sp³-hybridized carbons (Fsp3) is 0.118. The van der Waals surface area contributed by atoms with Crippen LogP contribution in [0, 0.1) is 0 Å². The van der Waals surface area contributed by atoms with E-state index in [4.69, 9.17) is 21.7 Å². The summed E-state index contributed by atoms with van der Waals surface area (Å²) in [6.45, 7) is 0.275. The molecule has 1 unspecified atom stereocenters. The molecule has 2 aromatic rings. The third-order valence-corrected chi connectivity index (χ3v) is 4.53. The Labute approximate surface area is 147 Å². The molecule has 0 aliphatic carbocycles. The summed E-state index contributed by atoms with van der Waals surface area (Å²) in [6.07, 6.45) is 2.12. The first-order valence-corrected chi connectivity index (χ1v) is 8.34. The van der Waals surface area contributed by atoms with E-state index in [0.717, 1.165) is 32.8 Å². The lowest BCUT2D eigenvalue weighted by atomic mass is 10.0. The van der Waals surface area contributed by atoms with Crippen molar-refractivity contribution < 1.29 is 9.47 Å². The molecule has 0 aromatic heterocycles. The van der Waals surface area contributed by atoms with E-state index in [1.807, 2.05) is 42.5 Å². The van der Waals surface area contributed by atoms with Crippen LogP contribution in [0.1, 0.15) is 17.2 Å². The molecule has 0 spiro atoms. The van der Waals surface area contributed by atoms with Gasteiger partial charge in [0.05, 0.1) is 6.04 Å². The largest absolute Gasteiger partial charge is 0.454 e. The Morgan fingerprint density at radius 1 is 1.04 bits per heavy atom. The normalized spacial score (nSPS) is 18.9. The first kappa shape index (κ1) is 14.5. The maximum absolute atomic E-state index is 5.46. The molecule has 0 saturated heterocycles. The number of nitrogens with one attached hydrogen (secondary N) is 2. The summed E-state index contributed by atoms with van der Waals surface area (Å²) in [7, 11) is 0. The van der Waals surface area contributed by atoms with Gasteiger partial charge in [0.2, 0.25) is 6.79 Å². The van der Waals surface area contributed by atoms with Crippen LogP contribution in [0.25, 0.3) is 5.70 Å². The highest BCUT2D eigenvalue weighted by atomic mass is 79.9. The Kier molecular flexibility index (Phi) is 3.71. The molecule has 2 aliphatic rings. The molecular formula is C17H13BrN2O2S. The highest BCUT2D eigenvalue weighted by Crippen LogP contribution is 2.35. The summed E-state index contributed by atoms with van der Waals surface area (Å²) in [4.78, 5) is 0. The van der Waals surface area contributed by atoms with E-state index >= 15 is 0 Å². The maximum atomic E-state index is 5.46. The Morgan fingerprint density at radius 2 is 1.83 bits per heavy atom. The van der Waals surface area contributed by atoms with Gasteiger partial charge in [-0.15, -0.1) is 0 Å². The van der Waals surface area contributed by atoms with Gasteiger partial charge in [-0.1, -0.05) is 34.1 Å². The Balaban J connectivity index is 1.69. The van der Waals surface area contributed by atoms with Crippen molar-refractivity contribution >= 4 is 39.0 Å². The Morgan fingerprint density at radius 3 is 2.65 bits per heavy atom. The number of hydrogen-bond donors (Lipinski definition) is 2. The van der Waals surface area contributed by atoms with Crippen molar-refractivity contribution in [2.45, 2.75) is 6.04 Å². The van der Waals surface area contributed by atoms with Gasteiger partial charge >= 0.3 is 0 Å². The zero-order valence-corrected chi connectivity index (χ0v) is 14.4. The number of ether oxygens (including phenoxy) is 2. The van der Waals surface area contributed by atoms with Gasteiger partial charge < -0.3 is 20.1 Å². The Hall–Kier alpha value is -2.05. The summed E-state index contributed by atoms with van der Waals surface area (Å²) in [5.74, 6) is 1.55. The highest BCUT2D eigenvalue weighted by Gasteiger charge is 2.21. The first-order chi connectivity index (χ1) is 11.2. The summed E-state index contributed by atoms with van der Waals surface area (Å²) in [6, 6.07) is 14.0. The minimum absolute atomic E-state index is 0.0168. The lowest BCUT2D eigenvalue weighted by Gasteiger charge is -2.26. The summed E-state index contributed by atoms with van der Waals surface area (Å²) >= 11 is 8.81. The van der Waals surface area contributed by atoms with E-state index in [2.05, 4.69) is 32.6 Å². The fourth-order valence-electron chi connectivity index (χ4n) is 2.63. The first-order valence-electron chi connectivity index (χ1n) is 7.14. The van der Waals surface area contributed by atoms with Gasteiger partial charge in [-0.2, -0.15) is 0 Å². The van der Waals surface area contributed by atoms with Crippen LogP contribution in [0.15, 0.2) is 53.0 Å². The molecule has 2 heterocycles. The van der Waals surface area contributed by atoms with Crippen LogP contribution < -0.4 is 20.1 Å². The van der Waals surface area contributed by atoms with E-state index in [-0.39, 0.29) is 12.8 Å². The van der Waals surface area contributed by atoms with Crippen molar-refractivity contribution in [1.29, 1.82) is 0 Å². The molecule has 116 valence electrons. The Bertz CT molecular complexity index is 805. The van der Waals surface area contributed by atoms with Gasteiger partial charge in [0.25, 0.3) is 0 Å². The van der Waals surface area contributed by atoms with Crippen LogP contribution in [0.5, 0.6) is 11.5 Å². The van der Waals surface area contributed by atoms with Crippen LogP contribution in [-0.4, -0.2) is 11.9 Å². The molecule has 0 bridgehead atoms. The lowest BCUT2D eigenvalue weighted by Crippen LogP contribution is -2.40. The second-order valence-electron chi connectivity index (χ2n) is 5.28. The van der Waals surface area contributed by atoms with E-state index in [0.29, 0.717) is 5.11 Å². The number of fused-ring (bicyclic) bond motifs is 1. The summed E-state index contributed by atoms with van der Waals surface area (Å²) in [5.41, 5.74) is 3.15. The van der Waals surface area contributed by atoms with Crippen molar-refractivity contribution in [2.24, 2.45) is 0 Å². The minimum Gasteiger partial charge on any atom is -0.454 e. The minimum atomic E-state index is -0.0168. The lowest BCUT2D eigenvalue weighted by molar-refractivity contribution is 0.174. The maximum Gasteiger partial charge on any atom is 0.231 e. The highest BCUT2D eigenvalue weighted by molar-refractivity contribution is 9.10. The average Bonchev–Trinajstić information content (AvgIpc) is 3.02. The molecule has 2 aliphatic heterocycles. The topological polar surface area (TPSA) is 42.5 Å². The molecule has 4 rings (SSSR count). The van der Waals surface area contributed by atoms with Crippen molar-refractivity contribution in [3.05, 3.63) is 64.1 Å². The molecular weight excluding hydrogens is 376 g/mol. The van der Waals surface area contributed by atoms with Crippen molar-refractivity contribution in [1.82, 2.24) is 10.6 Å². The van der Waals surface area contributed by atoms with Crippen LogP contribution in [0.4, 0.5) is 0 Å². The second-order valence-corrected chi connectivity index (χ2v) is 6.60. The number of benzene rings is 2. The predicted molar refractivity (Wildman–Crippen MR) is 96.3 cm³/mol. The molecule has 0 amide bonds. The van der Waals surface area contributed by atoms with E-state index in [1.165, 1.54) is 0 Å². The number of rotatable bonds is 2. The van der Waals surface area contributed by atoms with Crippen LogP contribution in [0.2, 0.25) is 0 Å². The molecule has 0 radical (unpaired) electrons. The van der Waals surface area contributed by atoms with Crippen molar-refractivity contribution in [3.8, 4) is 11.5 Å². The van der Waals surface area contributed by atoms with Crippen LogP contribution in [0.3, 0.4) is 0 Å². The number of thiocarbonyl (C=S) groups is 1. The average molecular weight is 389 g/mol. The van der Waals surface area contributed by atoms with Gasteiger partial charge in [0.1, 0.15) is 0 Å². The van der Waals surface area contributed by atoms with Gasteiger partial charge in [-0.05, 0) is 53.7 Å². The van der Waals surface area contributed by atoms with Gasteiger partial charge in [0.15, 0.2) is 16.6 Å². The quantitative estimate of drug-likeness (QED) is 0.767. The van der Waals surface area contributed by atoms with E-state index in [1.54, 1.807) is 0 Å². The van der Waals surface area contributed by atoms with Gasteiger partial charge in [-0.25, -0.2) is 0 Å². The van der Waals surface area contributed by atoms with Crippen LogP contribution in [-0.2, 0) is 0 Å². The third kappa shape index (κ3) is 2.92. The van der Waals surface area contributed by atoms with E-state index in [9.17, 15) is 0 Å². The zero-order valence-electron chi connectivity index (χ0n) is 12.0. The molecule has 23 heavy (non-hydrogen) atoms. The molecule has 2 N–H and O–H groups in total. The molecule has 1 atom stereocenters. The SMILES string of the molecule is S=C1NC(c2ccc(Br)cc2)=CC(c2ccc3c(c2)OCO3)N1. The third-order valence-electron chi connectivity index (χ3n) is 3.78. The standard InChI is InChI=1S/C17H13BrN2O2S/c18-12-4-1-10(2-5-12)13-8-14(20-17(23)19-13)11-3-6-15-16(7-11)22-9-21-15/h1-8,14H,9H2,(H2,19,20,23). The predicted octanol–water partition coefficient (Wildman–Crippen LogP) is 3.74.